The summed E-state index contributed by atoms with van der Waals surface area (Å²) in [6.45, 7) is 5.68. The fourth-order valence-corrected chi connectivity index (χ4v) is 1.33. The minimum absolute atomic E-state index is 0.0537. The lowest BCUT2D eigenvalue weighted by Crippen LogP contribution is -2.24. The average Bonchev–Trinajstić information content (AvgIpc) is 2.12. The van der Waals surface area contributed by atoms with Gasteiger partial charge >= 0.3 is 5.97 Å². The molecule has 14 heavy (non-hydrogen) atoms. The third-order valence-electron chi connectivity index (χ3n) is 2.25. The SMILES string of the molecule is CCCCCCC(C)O[C@H](C)C(=O)O. The van der Waals surface area contributed by atoms with E-state index in [9.17, 15) is 4.79 Å². The monoisotopic (exact) mass is 202 g/mol. The minimum atomic E-state index is -0.884. The first kappa shape index (κ1) is 13.4. The summed E-state index contributed by atoms with van der Waals surface area (Å²) in [5.74, 6) is -0.884. The molecule has 3 heteroatoms. The quantitative estimate of drug-likeness (QED) is 0.616. The van der Waals surface area contributed by atoms with Gasteiger partial charge in [-0.2, -0.15) is 0 Å². The van der Waals surface area contributed by atoms with Crippen LogP contribution in [0.15, 0.2) is 0 Å². The lowest BCUT2D eigenvalue weighted by atomic mass is 10.1. The summed E-state index contributed by atoms with van der Waals surface area (Å²) in [7, 11) is 0. The maximum absolute atomic E-state index is 10.5. The van der Waals surface area contributed by atoms with Crippen molar-refractivity contribution in [3.8, 4) is 0 Å². The Morgan fingerprint density at radius 1 is 1.29 bits per heavy atom. The molecule has 0 radical (unpaired) electrons. The maximum atomic E-state index is 10.5. The third kappa shape index (κ3) is 6.89. The van der Waals surface area contributed by atoms with E-state index in [1.165, 1.54) is 19.3 Å². The number of aliphatic carboxylic acids is 1. The highest BCUT2D eigenvalue weighted by atomic mass is 16.5. The van der Waals surface area contributed by atoms with Gasteiger partial charge in [-0.25, -0.2) is 4.79 Å². The lowest BCUT2D eigenvalue weighted by molar-refractivity contribution is -0.152. The fourth-order valence-electron chi connectivity index (χ4n) is 1.33. The number of unbranched alkanes of at least 4 members (excludes halogenated alkanes) is 3. The molecule has 0 saturated carbocycles. The van der Waals surface area contributed by atoms with Crippen molar-refractivity contribution in [1.29, 1.82) is 0 Å². The Kier molecular flexibility index (Phi) is 7.48. The van der Waals surface area contributed by atoms with Crippen molar-refractivity contribution in [3.63, 3.8) is 0 Å². The summed E-state index contributed by atoms with van der Waals surface area (Å²) in [6.07, 6.45) is 5.14. The van der Waals surface area contributed by atoms with Crippen molar-refractivity contribution in [3.05, 3.63) is 0 Å². The largest absolute Gasteiger partial charge is 0.479 e. The first-order valence-corrected chi connectivity index (χ1v) is 5.46. The molecule has 0 aliphatic rings. The Morgan fingerprint density at radius 2 is 1.93 bits per heavy atom. The van der Waals surface area contributed by atoms with Crippen LogP contribution < -0.4 is 0 Å². The number of carbonyl (C=O) groups is 1. The number of ether oxygens (including phenoxy) is 1. The Labute approximate surface area is 86.5 Å². The van der Waals surface area contributed by atoms with Crippen LogP contribution in [0.3, 0.4) is 0 Å². The third-order valence-corrected chi connectivity index (χ3v) is 2.25. The van der Waals surface area contributed by atoms with Gasteiger partial charge in [-0.05, 0) is 20.3 Å². The first-order chi connectivity index (χ1) is 6.57. The minimum Gasteiger partial charge on any atom is -0.479 e. The molecule has 1 N–H and O–H groups in total. The summed E-state index contributed by atoms with van der Waals surface area (Å²) in [5, 5.41) is 8.62. The summed E-state index contributed by atoms with van der Waals surface area (Å²) in [4.78, 5) is 10.5. The molecule has 0 aromatic rings. The van der Waals surface area contributed by atoms with Crippen LogP contribution in [0, 0.1) is 0 Å². The predicted molar refractivity (Wildman–Crippen MR) is 56.4 cm³/mol. The smallest absolute Gasteiger partial charge is 0.332 e. The standard InChI is InChI=1S/C11H22O3/c1-4-5-6-7-8-9(2)14-10(3)11(12)13/h9-10H,4-8H2,1-3H3,(H,12,13)/t9?,10-/m1/s1. The molecular formula is C11H22O3. The van der Waals surface area contributed by atoms with Crippen molar-refractivity contribution in [1.82, 2.24) is 0 Å². The Hall–Kier alpha value is -0.570. The Morgan fingerprint density at radius 3 is 2.43 bits per heavy atom. The van der Waals surface area contributed by atoms with Crippen LogP contribution >= 0.6 is 0 Å². The molecule has 0 aromatic carbocycles. The predicted octanol–water partition coefficient (Wildman–Crippen LogP) is 2.84. The van der Waals surface area contributed by atoms with Crippen molar-refractivity contribution in [2.24, 2.45) is 0 Å². The van der Waals surface area contributed by atoms with Crippen LogP contribution in [0.2, 0.25) is 0 Å². The zero-order chi connectivity index (χ0) is 11.0. The molecule has 0 spiro atoms. The van der Waals surface area contributed by atoms with Crippen LogP contribution in [0.25, 0.3) is 0 Å². The molecule has 0 aromatic heterocycles. The number of carboxylic acids is 1. The van der Waals surface area contributed by atoms with Gasteiger partial charge < -0.3 is 9.84 Å². The van der Waals surface area contributed by atoms with E-state index >= 15 is 0 Å². The molecule has 0 rings (SSSR count). The molecule has 0 fully saturated rings. The molecule has 0 amide bonds. The fraction of sp³-hybridized carbons (Fsp3) is 0.909. The Balaban J connectivity index is 3.45. The van der Waals surface area contributed by atoms with Crippen molar-refractivity contribution >= 4 is 5.97 Å². The number of carboxylic acid groups (broad SMARTS) is 1. The summed E-state index contributed by atoms with van der Waals surface area (Å²) >= 11 is 0. The van der Waals surface area contributed by atoms with Gasteiger partial charge in [0.25, 0.3) is 0 Å². The van der Waals surface area contributed by atoms with Gasteiger partial charge in [0.2, 0.25) is 0 Å². The van der Waals surface area contributed by atoms with Crippen molar-refractivity contribution in [2.75, 3.05) is 0 Å². The van der Waals surface area contributed by atoms with Crippen LogP contribution in [-0.2, 0) is 9.53 Å². The summed E-state index contributed by atoms with van der Waals surface area (Å²) in [5.41, 5.74) is 0. The molecule has 0 heterocycles. The van der Waals surface area contributed by atoms with Gasteiger partial charge in [-0.3, -0.25) is 0 Å². The van der Waals surface area contributed by atoms with Crippen molar-refractivity contribution in [2.45, 2.75) is 65.1 Å². The van der Waals surface area contributed by atoms with E-state index < -0.39 is 12.1 Å². The van der Waals surface area contributed by atoms with Crippen LogP contribution in [0.1, 0.15) is 52.9 Å². The number of hydrogen-bond donors (Lipinski definition) is 1. The molecule has 2 atom stereocenters. The molecule has 0 aliphatic carbocycles. The van der Waals surface area contributed by atoms with Gasteiger partial charge in [-0.15, -0.1) is 0 Å². The molecule has 84 valence electrons. The second-order valence-corrected chi connectivity index (χ2v) is 3.78. The molecule has 1 unspecified atom stereocenters. The van der Waals surface area contributed by atoms with Gasteiger partial charge in [0.05, 0.1) is 6.10 Å². The van der Waals surface area contributed by atoms with Crippen LogP contribution in [-0.4, -0.2) is 23.3 Å². The first-order valence-electron chi connectivity index (χ1n) is 5.46. The zero-order valence-electron chi connectivity index (χ0n) is 9.45. The number of rotatable bonds is 8. The molecule has 3 nitrogen and oxygen atoms in total. The van der Waals surface area contributed by atoms with Crippen molar-refractivity contribution < 1.29 is 14.6 Å². The molecular weight excluding hydrogens is 180 g/mol. The zero-order valence-corrected chi connectivity index (χ0v) is 9.45. The summed E-state index contributed by atoms with van der Waals surface area (Å²) < 4.78 is 5.29. The highest BCUT2D eigenvalue weighted by molar-refractivity contribution is 5.71. The highest BCUT2D eigenvalue weighted by Crippen LogP contribution is 2.09. The highest BCUT2D eigenvalue weighted by Gasteiger charge is 2.14. The van der Waals surface area contributed by atoms with Gasteiger partial charge in [0.15, 0.2) is 6.10 Å². The van der Waals surface area contributed by atoms with Gasteiger partial charge in [-0.1, -0.05) is 32.6 Å². The normalized spacial score (nSPS) is 15.1. The van der Waals surface area contributed by atoms with E-state index in [0.717, 1.165) is 12.8 Å². The lowest BCUT2D eigenvalue weighted by Gasteiger charge is -2.15. The van der Waals surface area contributed by atoms with Crippen LogP contribution in [0.5, 0.6) is 0 Å². The van der Waals surface area contributed by atoms with Crippen LogP contribution in [0.4, 0.5) is 0 Å². The second-order valence-electron chi connectivity index (χ2n) is 3.78. The van der Waals surface area contributed by atoms with E-state index in [-0.39, 0.29) is 6.10 Å². The molecule has 0 saturated heterocycles. The maximum Gasteiger partial charge on any atom is 0.332 e. The van der Waals surface area contributed by atoms with E-state index in [1.807, 2.05) is 6.92 Å². The topological polar surface area (TPSA) is 46.5 Å². The van der Waals surface area contributed by atoms with E-state index in [2.05, 4.69) is 6.92 Å². The number of hydrogen-bond acceptors (Lipinski definition) is 2. The molecule has 0 aliphatic heterocycles. The average molecular weight is 202 g/mol. The van der Waals surface area contributed by atoms with E-state index in [4.69, 9.17) is 9.84 Å². The molecule has 0 bridgehead atoms. The van der Waals surface area contributed by atoms with E-state index in [1.54, 1.807) is 6.92 Å². The Bertz CT molecular complexity index is 157. The second kappa shape index (κ2) is 7.80. The van der Waals surface area contributed by atoms with Gasteiger partial charge in [0.1, 0.15) is 0 Å². The van der Waals surface area contributed by atoms with Gasteiger partial charge in [0, 0.05) is 0 Å². The summed E-state index contributed by atoms with van der Waals surface area (Å²) in [6, 6.07) is 0. The van der Waals surface area contributed by atoms with E-state index in [0.29, 0.717) is 0 Å².